The van der Waals surface area contributed by atoms with Crippen molar-refractivity contribution in [2.75, 3.05) is 13.1 Å². The van der Waals surface area contributed by atoms with Gasteiger partial charge < -0.3 is 4.79 Å². The Labute approximate surface area is 104 Å². The lowest BCUT2D eigenvalue weighted by molar-refractivity contribution is -0.109. The first kappa shape index (κ1) is 12.3. The Bertz CT molecular complexity index is 349. The van der Waals surface area contributed by atoms with Crippen LogP contribution in [0.25, 0.3) is 0 Å². The van der Waals surface area contributed by atoms with E-state index in [0.29, 0.717) is 11.8 Å². The molecule has 0 radical (unpaired) electrons. The number of aldehydes is 1. The lowest BCUT2D eigenvalue weighted by Crippen LogP contribution is -2.39. The molecule has 2 rings (SSSR count). The van der Waals surface area contributed by atoms with E-state index in [1.54, 1.807) is 0 Å². The predicted molar refractivity (Wildman–Crippen MR) is 69.7 cm³/mol. The molecule has 0 aromatic heterocycles. The minimum absolute atomic E-state index is 0.556. The van der Waals surface area contributed by atoms with Gasteiger partial charge in [0, 0.05) is 26.1 Å². The van der Waals surface area contributed by atoms with Crippen LogP contribution in [-0.2, 0) is 11.3 Å². The minimum atomic E-state index is 0.556. The molecule has 0 bridgehead atoms. The number of hydrogen-bond acceptors (Lipinski definition) is 2. The lowest BCUT2D eigenvalue weighted by atomic mass is 9.88. The maximum absolute atomic E-state index is 10.6. The van der Waals surface area contributed by atoms with Crippen LogP contribution < -0.4 is 0 Å². The number of nitrogens with zero attached hydrogens (tertiary/aromatic N) is 1. The number of piperidine rings is 1. The second-order valence-corrected chi connectivity index (χ2v) is 5.29. The summed E-state index contributed by atoms with van der Waals surface area (Å²) in [6, 6.07) is 10.6. The van der Waals surface area contributed by atoms with Gasteiger partial charge in [0.25, 0.3) is 0 Å². The van der Waals surface area contributed by atoms with E-state index in [4.69, 9.17) is 0 Å². The van der Waals surface area contributed by atoms with Crippen molar-refractivity contribution in [3.05, 3.63) is 35.9 Å². The summed E-state index contributed by atoms with van der Waals surface area (Å²) in [5.41, 5.74) is 1.37. The zero-order valence-electron chi connectivity index (χ0n) is 10.5. The largest absolute Gasteiger partial charge is 0.303 e. The summed E-state index contributed by atoms with van der Waals surface area (Å²) in [6.45, 7) is 5.53. The Morgan fingerprint density at radius 2 is 2.06 bits per heavy atom. The third-order valence-corrected chi connectivity index (χ3v) is 3.50. The van der Waals surface area contributed by atoms with E-state index < -0.39 is 0 Å². The summed E-state index contributed by atoms with van der Waals surface area (Å²) < 4.78 is 0. The molecule has 1 heterocycles. The van der Waals surface area contributed by atoms with E-state index in [-0.39, 0.29) is 0 Å². The first-order chi connectivity index (χ1) is 8.28. The van der Waals surface area contributed by atoms with Gasteiger partial charge in [0.15, 0.2) is 0 Å². The van der Waals surface area contributed by atoms with E-state index >= 15 is 0 Å². The van der Waals surface area contributed by atoms with E-state index in [1.165, 1.54) is 12.0 Å². The fourth-order valence-electron chi connectivity index (χ4n) is 2.88. The normalized spacial score (nSPS) is 25.7. The molecule has 1 fully saturated rings. The first-order valence-electron chi connectivity index (χ1n) is 6.48. The highest BCUT2D eigenvalue weighted by atomic mass is 16.1. The average molecular weight is 231 g/mol. The Morgan fingerprint density at radius 3 is 2.76 bits per heavy atom. The molecule has 1 saturated heterocycles. The van der Waals surface area contributed by atoms with Gasteiger partial charge in [-0.1, -0.05) is 37.3 Å². The highest BCUT2D eigenvalue weighted by Gasteiger charge is 2.24. The second kappa shape index (κ2) is 5.97. The van der Waals surface area contributed by atoms with Crippen LogP contribution in [0.4, 0.5) is 0 Å². The molecule has 2 atom stereocenters. The summed E-state index contributed by atoms with van der Waals surface area (Å²) in [4.78, 5) is 13.1. The Morgan fingerprint density at radius 1 is 1.29 bits per heavy atom. The maximum Gasteiger partial charge on any atom is 0.120 e. The van der Waals surface area contributed by atoms with Gasteiger partial charge in [-0.05, 0) is 23.8 Å². The smallest absolute Gasteiger partial charge is 0.120 e. The molecule has 2 heteroatoms. The number of carbonyl (C=O) groups excluding carboxylic acids is 1. The summed E-state index contributed by atoms with van der Waals surface area (Å²) in [7, 11) is 0. The van der Waals surface area contributed by atoms with Gasteiger partial charge in [-0.2, -0.15) is 0 Å². The topological polar surface area (TPSA) is 20.3 Å². The molecule has 92 valence electrons. The predicted octanol–water partition coefficient (Wildman–Crippen LogP) is 2.73. The van der Waals surface area contributed by atoms with Crippen LogP contribution >= 0.6 is 0 Å². The van der Waals surface area contributed by atoms with Gasteiger partial charge in [0.05, 0.1) is 0 Å². The summed E-state index contributed by atoms with van der Waals surface area (Å²) in [6.07, 6.45) is 2.99. The van der Waals surface area contributed by atoms with Crippen LogP contribution in [0.2, 0.25) is 0 Å². The molecule has 0 spiro atoms. The van der Waals surface area contributed by atoms with Crippen molar-refractivity contribution in [2.45, 2.75) is 26.3 Å². The number of likely N-dealkylation sites (tertiary alicyclic amines) is 1. The third kappa shape index (κ3) is 3.67. The molecule has 1 aliphatic rings. The van der Waals surface area contributed by atoms with Crippen LogP contribution in [0.3, 0.4) is 0 Å². The van der Waals surface area contributed by atoms with Crippen molar-refractivity contribution in [3.63, 3.8) is 0 Å². The van der Waals surface area contributed by atoms with E-state index in [1.807, 2.05) is 0 Å². The van der Waals surface area contributed by atoms with Crippen molar-refractivity contribution in [3.8, 4) is 0 Å². The van der Waals surface area contributed by atoms with Gasteiger partial charge in [-0.3, -0.25) is 4.90 Å². The standard InChI is InChI=1S/C15H21NO/c1-13-9-15(7-8-17)12-16(10-13)11-14-5-3-2-4-6-14/h2-6,8,13,15H,7,9-12H2,1H3. The van der Waals surface area contributed by atoms with E-state index in [0.717, 1.165) is 32.3 Å². The number of hydrogen-bond donors (Lipinski definition) is 0. The number of benzene rings is 1. The molecule has 1 aliphatic heterocycles. The fraction of sp³-hybridized carbons (Fsp3) is 0.533. The van der Waals surface area contributed by atoms with Gasteiger partial charge in [-0.15, -0.1) is 0 Å². The van der Waals surface area contributed by atoms with E-state index in [2.05, 4.69) is 42.2 Å². The molecule has 0 N–H and O–H groups in total. The Hall–Kier alpha value is -1.15. The molecule has 0 amide bonds. The van der Waals surface area contributed by atoms with Crippen molar-refractivity contribution in [2.24, 2.45) is 11.8 Å². The monoisotopic (exact) mass is 231 g/mol. The van der Waals surface area contributed by atoms with Gasteiger partial charge >= 0.3 is 0 Å². The fourth-order valence-corrected chi connectivity index (χ4v) is 2.88. The van der Waals surface area contributed by atoms with Crippen molar-refractivity contribution < 1.29 is 4.79 Å². The van der Waals surface area contributed by atoms with Crippen LogP contribution in [0.1, 0.15) is 25.3 Å². The summed E-state index contributed by atoms with van der Waals surface area (Å²) >= 11 is 0. The van der Waals surface area contributed by atoms with Crippen LogP contribution in [-0.4, -0.2) is 24.3 Å². The zero-order valence-corrected chi connectivity index (χ0v) is 10.5. The molecule has 0 saturated carbocycles. The average Bonchev–Trinajstić information content (AvgIpc) is 2.30. The SMILES string of the molecule is CC1CC(CC=O)CN(Cc2ccccc2)C1. The highest BCUT2D eigenvalue weighted by Crippen LogP contribution is 2.24. The third-order valence-electron chi connectivity index (χ3n) is 3.50. The van der Waals surface area contributed by atoms with Crippen molar-refractivity contribution in [1.82, 2.24) is 4.90 Å². The van der Waals surface area contributed by atoms with Crippen molar-refractivity contribution in [1.29, 1.82) is 0 Å². The summed E-state index contributed by atoms with van der Waals surface area (Å²) in [5.74, 6) is 1.26. The van der Waals surface area contributed by atoms with Crippen molar-refractivity contribution >= 4 is 6.29 Å². The molecule has 2 unspecified atom stereocenters. The second-order valence-electron chi connectivity index (χ2n) is 5.29. The molecule has 0 aliphatic carbocycles. The number of rotatable bonds is 4. The Kier molecular flexibility index (Phi) is 4.32. The maximum atomic E-state index is 10.6. The quantitative estimate of drug-likeness (QED) is 0.743. The lowest BCUT2D eigenvalue weighted by Gasteiger charge is -2.35. The van der Waals surface area contributed by atoms with E-state index in [9.17, 15) is 4.79 Å². The molecule has 1 aromatic carbocycles. The van der Waals surface area contributed by atoms with Crippen LogP contribution in [0, 0.1) is 11.8 Å². The summed E-state index contributed by atoms with van der Waals surface area (Å²) in [5, 5.41) is 0. The molecule has 1 aromatic rings. The zero-order chi connectivity index (χ0) is 12.1. The van der Waals surface area contributed by atoms with Crippen LogP contribution in [0.15, 0.2) is 30.3 Å². The molecular formula is C15H21NO. The first-order valence-corrected chi connectivity index (χ1v) is 6.48. The molecule has 2 nitrogen and oxygen atoms in total. The van der Waals surface area contributed by atoms with Gasteiger partial charge in [0.2, 0.25) is 0 Å². The molecule has 17 heavy (non-hydrogen) atoms. The minimum Gasteiger partial charge on any atom is -0.303 e. The van der Waals surface area contributed by atoms with Gasteiger partial charge in [0.1, 0.15) is 6.29 Å². The number of carbonyl (C=O) groups is 1. The van der Waals surface area contributed by atoms with Crippen LogP contribution in [0.5, 0.6) is 0 Å². The molecular weight excluding hydrogens is 210 g/mol. The highest BCUT2D eigenvalue weighted by molar-refractivity contribution is 5.49. The Balaban J connectivity index is 1.94. The van der Waals surface area contributed by atoms with Gasteiger partial charge in [-0.25, -0.2) is 0 Å².